The Morgan fingerprint density at radius 1 is 0.244 bits per heavy atom. The summed E-state index contributed by atoms with van der Waals surface area (Å²) in [4.78, 5) is 2.34. The second-order valence-corrected chi connectivity index (χ2v) is 11.4. The molecule has 45 heavy (non-hydrogen) atoms. The standard InChI is InChI=1S/C44H31N/c1-2-10-32(11-3-1)33-20-26-38(27-21-33)45(39-28-22-36(23-29-39)43-18-8-14-34-12-4-6-16-41(34)43)40-30-24-37(25-31-40)44-19-9-15-35-13-5-7-17-42(35)44/h1-31H. The van der Waals surface area contributed by atoms with E-state index in [2.05, 4.69) is 193 Å². The van der Waals surface area contributed by atoms with Crippen molar-refractivity contribution < 1.29 is 0 Å². The van der Waals surface area contributed by atoms with Crippen molar-refractivity contribution in [3.63, 3.8) is 0 Å². The summed E-state index contributed by atoms with van der Waals surface area (Å²) in [6, 6.07) is 67.6. The maximum atomic E-state index is 2.34. The Balaban J connectivity index is 1.20. The molecule has 0 N–H and O–H groups in total. The van der Waals surface area contributed by atoms with Crippen LogP contribution >= 0.6 is 0 Å². The SMILES string of the molecule is c1ccc(-c2ccc(N(c3ccc(-c4cccc5ccccc45)cc3)c3ccc(-c4cccc5ccccc45)cc3)cc2)cc1. The summed E-state index contributed by atoms with van der Waals surface area (Å²) in [5.74, 6) is 0. The predicted molar refractivity (Wildman–Crippen MR) is 192 cm³/mol. The lowest BCUT2D eigenvalue weighted by molar-refractivity contribution is 1.28. The molecule has 8 aromatic rings. The van der Waals surface area contributed by atoms with Gasteiger partial charge in [0.2, 0.25) is 0 Å². The normalized spacial score (nSPS) is 11.1. The molecule has 8 aromatic carbocycles. The van der Waals surface area contributed by atoms with Crippen LogP contribution in [0.4, 0.5) is 17.1 Å². The Bertz CT molecular complexity index is 2100. The van der Waals surface area contributed by atoms with E-state index in [-0.39, 0.29) is 0 Å². The first-order valence-electron chi connectivity index (χ1n) is 15.4. The molecule has 0 unspecified atom stereocenters. The van der Waals surface area contributed by atoms with Crippen LogP contribution in [0.5, 0.6) is 0 Å². The van der Waals surface area contributed by atoms with Gasteiger partial charge in [-0.25, -0.2) is 0 Å². The fourth-order valence-electron chi connectivity index (χ4n) is 6.42. The van der Waals surface area contributed by atoms with Gasteiger partial charge in [0.05, 0.1) is 0 Å². The Labute approximate surface area is 264 Å². The number of hydrogen-bond donors (Lipinski definition) is 0. The van der Waals surface area contributed by atoms with Gasteiger partial charge in [-0.1, -0.05) is 152 Å². The second kappa shape index (κ2) is 11.6. The van der Waals surface area contributed by atoms with Gasteiger partial charge >= 0.3 is 0 Å². The second-order valence-electron chi connectivity index (χ2n) is 11.4. The van der Waals surface area contributed by atoms with Crippen LogP contribution in [0, 0.1) is 0 Å². The van der Waals surface area contributed by atoms with Crippen molar-refractivity contribution in [1.82, 2.24) is 0 Å². The number of anilines is 3. The molecule has 0 saturated carbocycles. The first-order chi connectivity index (χ1) is 22.3. The van der Waals surface area contributed by atoms with E-state index < -0.39 is 0 Å². The predicted octanol–water partition coefficient (Wildman–Crippen LogP) is 12.5. The maximum absolute atomic E-state index is 2.34. The van der Waals surface area contributed by atoms with Gasteiger partial charge in [-0.3, -0.25) is 0 Å². The van der Waals surface area contributed by atoms with Crippen molar-refractivity contribution in [2.75, 3.05) is 4.90 Å². The van der Waals surface area contributed by atoms with Crippen molar-refractivity contribution in [2.24, 2.45) is 0 Å². The molecule has 0 aliphatic rings. The lowest BCUT2D eigenvalue weighted by Crippen LogP contribution is -2.09. The highest BCUT2D eigenvalue weighted by molar-refractivity contribution is 5.98. The quantitative estimate of drug-likeness (QED) is 0.191. The summed E-state index contributed by atoms with van der Waals surface area (Å²) < 4.78 is 0. The van der Waals surface area contributed by atoms with E-state index in [4.69, 9.17) is 0 Å². The van der Waals surface area contributed by atoms with E-state index in [1.54, 1.807) is 0 Å². The molecule has 1 heteroatoms. The van der Waals surface area contributed by atoms with Crippen molar-refractivity contribution in [2.45, 2.75) is 0 Å². The smallest absolute Gasteiger partial charge is 0.0462 e. The molecule has 0 atom stereocenters. The van der Waals surface area contributed by atoms with Crippen molar-refractivity contribution in [3.05, 3.63) is 188 Å². The van der Waals surface area contributed by atoms with E-state index in [1.807, 2.05) is 0 Å². The Kier molecular flexibility index (Phi) is 6.90. The molecule has 0 aliphatic carbocycles. The summed E-state index contributed by atoms with van der Waals surface area (Å²) in [5.41, 5.74) is 10.7. The molecular weight excluding hydrogens is 542 g/mol. The van der Waals surface area contributed by atoms with Gasteiger partial charge in [0.15, 0.2) is 0 Å². The van der Waals surface area contributed by atoms with Crippen LogP contribution in [0.2, 0.25) is 0 Å². The lowest BCUT2D eigenvalue weighted by Gasteiger charge is -2.26. The van der Waals surface area contributed by atoms with Crippen LogP contribution in [0.25, 0.3) is 54.9 Å². The molecule has 0 fully saturated rings. The molecule has 0 aliphatic heterocycles. The average Bonchev–Trinajstić information content (AvgIpc) is 3.13. The van der Waals surface area contributed by atoms with E-state index >= 15 is 0 Å². The first-order valence-corrected chi connectivity index (χ1v) is 15.4. The van der Waals surface area contributed by atoms with Crippen molar-refractivity contribution >= 4 is 38.6 Å². The zero-order valence-electron chi connectivity index (χ0n) is 24.8. The number of fused-ring (bicyclic) bond motifs is 2. The summed E-state index contributed by atoms with van der Waals surface area (Å²) in [6.45, 7) is 0. The minimum Gasteiger partial charge on any atom is -0.311 e. The van der Waals surface area contributed by atoms with Crippen LogP contribution in [0.15, 0.2) is 188 Å². The largest absolute Gasteiger partial charge is 0.311 e. The molecule has 0 amide bonds. The zero-order valence-corrected chi connectivity index (χ0v) is 24.8. The summed E-state index contributed by atoms with van der Waals surface area (Å²) >= 11 is 0. The first kappa shape index (κ1) is 26.7. The Hall–Kier alpha value is -5.92. The van der Waals surface area contributed by atoms with E-state index in [1.165, 1.54) is 54.9 Å². The minimum absolute atomic E-state index is 1.12. The number of rotatable bonds is 6. The zero-order chi connectivity index (χ0) is 30.0. The monoisotopic (exact) mass is 573 g/mol. The van der Waals surface area contributed by atoms with E-state index in [0.717, 1.165) is 17.1 Å². The fourth-order valence-corrected chi connectivity index (χ4v) is 6.42. The van der Waals surface area contributed by atoms with Crippen LogP contribution in [0.3, 0.4) is 0 Å². The number of benzene rings is 8. The molecule has 0 spiro atoms. The van der Waals surface area contributed by atoms with Gasteiger partial charge < -0.3 is 4.90 Å². The lowest BCUT2D eigenvalue weighted by atomic mass is 9.97. The van der Waals surface area contributed by atoms with Gasteiger partial charge in [-0.2, -0.15) is 0 Å². The molecule has 0 bridgehead atoms. The Morgan fingerprint density at radius 3 is 1.07 bits per heavy atom. The average molecular weight is 574 g/mol. The molecule has 8 rings (SSSR count). The summed E-state index contributed by atoms with van der Waals surface area (Å²) in [5, 5.41) is 5.05. The molecule has 0 saturated heterocycles. The van der Waals surface area contributed by atoms with Gasteiger partial charge in [0.25, 0.3) is 0 Å². The maximum Gasteiger partial charge on any atom is 0.0462 e. The molecule has 1 nitrogen and oxygen atoms in total. The highest BCUT2D eigenvalue weighted by atomic mass is 15.1. The molecular formula is C44H31N. The number of nitrogens with zero attached hydrogens (tertiary/aromatic N) is 1. The van der Waals surface area contributed by atoms with Crippen molar-refractivity contribution in [1.29, 1.82) is 0 Å². The third-order valence-electron chi connectivity index (χ3n) is 8.68. The molecule has 0 heterocycles. The van der Waals surface area contributed by atoms with Crippen LogP contribution in [0.1, 0.15) is 0 Å². The molecule has 0 aromatic heterocycles. The molecule has 0 radical (unpaired) electrons. The third-order valence-corrected chi connectivity index (χ3v) is 8.68. The van der Waals surface area contributed by atoms with Crippen LogP contribution in [-0.2, 0) is 0 Å². The summed E-state index contributed by atoms with van der Waals surface area (Å²) in [6.07, 6.45) is 0. The van der Waals surface area contributed by atoms with E-state index in [9.17, 15) is 0 Å². The summed E-state index contributed by atoms with van der Waals surface area (Å²) in [7, 11) is 0. The van der Waals surface area contributed by atoms with Gasteiger partial charge in [-0.15, -0.1) is 0 Å². The molecule has 212 valence electrons. The van der Waals surface area contributed by atoms with Gasteiger partial charge in [0.1, 0.15) is 0 Å². The van der Waals surface area contributed by atoms with Gasteiger partial charge in [0, 0.05) is 17.1 Å². The van der Waals surface area contributed by atoms with Crippen LogP contribution < -0.4 is 4.90 Å². The third kappa shape index (κ3) is 5.15. The highest BCUT2D eigenvalue weighted by Gasteiger charge is 2.14. The van der Waals surface area contributed by atoms with Crippen LogP contribution in [-0.4, -0.2) is 0 Å². The van der Waals surface area contributed by atoms with Crippen molar-refractivity contribution in [3.8, 4) is 33.4 Å². The van der Waals surface area contributed by atoms with Gasteiger partial charge in [-0.05, 0) is 91.3 Å². The van der Waals surface area contributed by atoms with E-state index in [0.29, 0.717) is 0 Å². The fraction of sp³-hybridized carbons (Fsp3) is 0. The Morgan fingerprint density at radius 2 is 0.600 bits per heavy atom. The topological polar surface area (TPSA) is 3.24 Å². The minimum atomic E-state index is 1.12. The number of hydrogen-bond acceptors (Lipinski definition) is 1. The highest BCUT2D eigenvalue weighted by Crippen LogP contribution is 2.39.